The molecule has 0 spiro atoms. The van der Waals surface area contributed by atoms with Gasteiger partial charge in [-0.15, -0.1) is 11.3 Å². The number of nitrogens with zero attached hydrogens (tertiary/aromatic N) is 3. The standard InChI is InChI=1S/C22H28N4O2S/c1-3-4-11-28-19-6-5-17-12-21(24-20(17)13-19)22(27)26-9-7-25(8-10-26)14-18-15-29-16(2)23-18/h5-6,12-13,15,24H,3-4,7-11,14H2,1-2H3. The number of H-pyrrole nitrogens is 1. The maximum atomic E-state index is 13.0. The fraction of sp³-hybridized carbons (Fsp3) is 0.455. The van der Waals surface area contributed by atoms with Gasteiger partial charge in [0.1, 0.15) is 11.4 Å². The minimum atomic E-state index is 0.0683. The molecule has 154 valence electrons. The van der Waals surface area contributed by atoms with Crippen molar-refractivity contribution in [3.05, 3.63) is 46.0 Å². The van der Waals surface area contributed by atoms with Crippen molar-refractivity contribution in [3.63, 3.8) is 0 Å². The lowest BCUT2D eigenvalue weighted by atomic mass is 10.2. The number of unbranched alkanes of at least 4 members (excludes halogenated alkanes) is 1. The van der Waals surface area contributed by atoms with Gasteiger partial charge in [-0.2, -0.15) is 0 Å². The quantitative estimate of drug-likeness (QED) is 0.594. The summed E-state index contributed by atoms with van der Waals surface area (Å²) >= 11 is 1.69. The molecule has 0 aliphatic carbocycles. The van der Waals surface area contributed by atoms with E-state index in [1.54, 1.807) is 11.3 Å². The highest BCUT2D eigenvalue weighted by Gasteiger charge is 2.23. The van der Waals surface area contributed by atoms with Gasteiger partial charge < -0.3 is 14.6 Å². The van der Waals surface area contributed by atoms with Gasteiger partial charge in [-0.25, -0.2) is 4.98 Å². The molecule has 1 aliphatic rings. The second-order valence-corrected chi connectivity index (χ2v) is 8.62. The molecule has 4 rings (SSSR count). The third-order valence-electron chi connectivity index (χ3n) is 5.30. The van der Waals surface area contributed by atoms with E-state index in [1.807, 2.05) is 36.1 Å². The van der Waals surface area contributed by atoms with Gasteiger partial charge in [0.15, 0.2) is 0 Å². The highest BCUT2D eigenvalue weighted by atomic mass is 32.1. The van der Waals surface area contributed by atoms with E-state index in [0.717, 1.165) is 79.5 Å². The molecule has 3 aromatic rings. The number of ether oxygens (including phenoxy) is 1. The van der Waals surface area contributed by atoms with Crippen molar-refractivity contribution in [2.45, 2.75) is 33.2 Å². The van der Waals surface area contributed by atoms with Crippen molar-refractivity contribution in [2.75, 3.05) is 32.8 Å². The number of hydrogen-bond donors (Lipinski definition) is 1. The van der Waals surface area contributed by atoms with Crippen LogP contribution < -0.4 is 4.74 Å². The van der Waals surface area contributed by atoms with Crippen LogP contribution in [0.4, 0.5) is 0 Å². The highest BCUT2D eigenvalue weighted by molar-refractivity contribution is 7.09. The average Bonchev–Trinajstić information content (AvgIpc) is 3.34. The number of piperazine rings is 1. The molecule has 1 saturated heterocycles. The summed E-state index contributed by atoms with van der Waals surface area (Å²) in [4.78, 5) is 25.1. The topological polar surface area (TPSA) is 61.5 Å². The molecule has 29 heavy (non-hydrogen) atoms. The van der Waals surface area contributed by atoms with Gasteiger partial charge in [-0.1, -0.05) is 13.3 Å². The number of fused-ring (bicyclic) bond motifs is 1. The van der Waals surface area contributed by atoms with E-state index in [2.05, 4.69) is 27.2 Å². The number of aromatic amines is 1. The zero-order valence-corrected chi connectivity index (χ0v) is 17.9. The first-order chi connectivity index (χ1) is 14.1. The molecule has 1 aromatic carbocycles. The molecule has 0 atom stereocenters. The Morgan fingerprint density at radius 3 is 2.79 bits per heavy atom. The Hall–Kier alpha value is -2.38. The first-order valence-corrected chi connectivity index (χ1v) is 11.2. The summed E-state index contributed by atoms with van der Waals surface area (Å²) in [5.41, 5.74) is 2.72. The Morgan fingerprint density at radius 2 is 2.07 bits per heavy atom. The zero-order chi connectivity index (χ0) is 20.2. The van der Waals surface area contributed by atoms with Crippen LogP contribution in [0.25, 0.3) is 10.9 Å². The van der Waals surface area contributed by atoms with E-state index in [9.17, 15) is 4.79 Å². The molecule has 1 N–H and O–H groups in total. The van der Waals surface area contributed by atoms with Gasteiger partial charge in [-0.3, -0.25) is 9.69 Å². The molecule has 7 heteroatoms. The molecule has 6 nitrogen and oxygen atoms in total. The van der Waals surface area contributed by atoms with Gasteiger partial charge in [0.05, 0.1) is 17.3 Å². The third kappa shape index (κ3) is 4.79. The summed E-state index contributed by atoms with van der Waals surface area (Å²) in [6.07, 6.45) is 2.15. The van der Waals surface area contributed by atoms with Crippen molar-refractivity contribution >= 4 is 28.1 Å². The lowest BCUT2D eigenvalue weighted by molar-refractivity contribution is 0.0622. The fourth-order valence-electron chi connectivity index (χ4n) is 3.63. The second-order valence-electron chi connectivity index (χ2n) is 7.56. The van der Waals surface area contributed by atoms with E-state index >= 15 is 0 Å². The number of nitrogens with one attached hydrogen (secondary N) is 1. The van der Waals surface area contributed by atoms with Crippen molar-refractivity contribution < 1.29 is 9.53 Å². The lowest BCUT2D eigenvalue weighted by Crippen LogP contribution is -2.48. The van der Waals surface area contributed by atoms with Gasteiger partial charge in [0.25, 0.3) is 5.91 Å². The molecule has 0 unspecified atom stereocenters. The van der Waals surface area contributed by atoms with Crippen LogP contribution >= 0.6 is 11.3 Å². The summed E-state index contributed by atoms with van der Waals surface area (Å²) in [5.74, 6) is 0.913. The Morgan fingerprint density at radius 1 is 1.24 bits per heavy atom. The Kier molecular flexibility index (Phi) is 6.16. The molecule has 1 amide bonds. The predicted molar refractivity (Wildman–Crippen MR) is 117 cm³/mol. The number of benzene rings is 1. The number of aromatic nitrogens is 2. The molecular formula is C22H28N4O2S. The van der Waals surface area contributed by atoms with Crippen LogP contribution in [0.15, 0.2) is 29.6 Å². The van der Waals surface area contributed by atoms with Crippen LogP contribution in [0.2, 0.25) is 0 Å². The average molecular weight is 413 g/mol. The smallest absolute Gasteiger partial charge is 0.270 e. The Balaban J connectivity index is 1.36. The summed E-state index contributed by atoms with van der Waals surface area (Å²) in [6.45, 7) is 8.99. The summed E-state index contributed by atoms with van der Waals surface area (Å²) < 4.78 is 5.78. The number of aryl methyl sites for hydroxylation is 1. The van der Waals surface area contributed by atoms with Gasteiger partial charge in [0.2, 0.25) is 0 Å². The third-order valence-corrected chi connectivity index (χ3v) is 6.12. The molecule has 1 fully saturated rings. The second kappa shape index (κ2) is 8.97. The van der Waals surface area contributed by atoms with Gasteiger partial charge in [0, 0.05) is 55.1 Å². The molecule has 0 radical (unpaired) electrons. The van der Waals surface area contributed by atoms with Crippen molar-refractivity contribution in [2.24, 2.45) is 0 Å². The summed E-state index contributed by atoms with van der Waals surface area (Å²) in [7, 11) is 0. The maximum Gasteiger partial charge on any atom is 0.270 e. The van der Waals surface area contributed by atoms with E-state index in [-0.39, 0.29) is 5.91 Å². The predicted octanol–water partition coefficient (Wildman–Crippen LogP) is 4.07. The van der Waals surface area contributed by atoms with Gasteiger partial charge >= 0.3 is 0 Å². The van der Waals surface area contributed by atoms with E-state index < -0.39 is 0 Å². The first kappa shape index (κ1) is 19.9. The lowest BCUT2D eigenvalue weighted by Gasteiger charge is -2.34. The molecule has 2 aromatic heterocycles. The SMILES string of the molecule is CCCCOc1ccc2cc(C(=O)N3CCN(Cc4csc(C)n4)CC3)[nH]c2c1. The van der Waals surface area contributed by atoms with Crippen molar-refractivity contribution in [1.82, 2.24) is 19.8 Å². The highest BCUT2D eigenvalue weighted by Crippen LogP contribution is 2.23. The molecule has 0 bridgehead atoms. The van der Waals surface area contributed by atoms with Crippen LogP contribution in [0.1, 0.15) is 41.0 Å². The fourth-order valence-corrected chi connectivity index (χ4v) is 4.24. The first-order valence-electron chi connectivity index (χ1n) is 10.3. The number of hydrogen-bond acceptors (Lipinski definition) is 5. The van der Waals surface area contributed by atoms with E-state index in [0.29, 0.717) is 5.69 Å². The maximum absolute atomic E-state index is 13.0. The minimum absolute atomic E-state index is 0.0683. The van der Waals surface area contributed by atoms with E-state index in [4.69, 9.17) is 4.74 Å². The summed E-state index contributed by atoms with van der Waals surface area (Å²) in [5, 5.41) is 4.26. The van der Waals surface area contributed by atoms with Crippen LogP contribution in [-0.4, -0.2) is 58.5 Å². The minimum Gasteiger partial charge on any atom is -0.494 e. The summed E-state index contributed by atoms with van der Waals surface area (Å²) in [6, 6.07) is 7.91. The number of thiazole rings is 1. The van der Waals surface area contributed by atoms with Crippen LogP contribution in [0.3, 0.4) is 0 Å². The molecule has 0 saturated carbocycles. The number of carbonyl (C=O) groups excluding carboxylic acids is 1. The molecular weight excluding hydrogens is 384 g/mol. The van der Waals surface area contributed by atoms with Gasteiger partial charge in [-0.05, 0) is 31.5 Å². The van der Waals surface area contributed by atoms with Crippen LogP contribution in [-0.2, 0) is 6.54 Å². The Bertz CT molecular complexity index is 972. The molecule has 1 aliphatic heterocycles. The normalized spacial score (nSPS) is 15.2. The van der Waals surface area contributed by atoms with Crippen molar-refractivity contribution in [1.29, 1.82) is 0 Å². The number of amides is 1. The number of carbonyl (C=O) groups is 1. The Labute approximate surface area is 175 Å². The zero-order valence-electron chi connectivity index (χ0n) is 17.1. The van der Waals surface area contributed by atoms with E-state index in [1.165, 1.54) is 0 Å². The molecule has 3 heterocycles. The van der Waals surface area contributed by atoms with Crippen LogP contribution in [0.5, 0.6) is 5.75 Å². The van der Waals surface area contributed by atoms with Crippen molar-refractivity contribution in [3.8, 4) is 5.75 Å². The monoisotopic (exact) mass is 412 g/mol. The van der Waals surface area contributed by atoms with Crippen LogP contribution in [0, 0.1) is 6.92 Å². The largest absolute Gasteiger partial charge is 0.494 e. The number of rotatable bonds is 7.